The molecule has 1 rings (SSSR count). The predicted molar refractivity (Wildman–Crippen MR) is 60.3 cm³/mol. The molecule has 3 unspecified atom stereocenters. The van der Waals surface area contributed by atoms with Gasteiger partial charge >= 0.3 is 0 Å². The second kappa shape index (κ2) is 5.13. The van der Waals surface area contributed by atoms with E-state index in [0.29, 0.717) is 17.6 Å². The van der Waals surface area contributed by atoms with Gasteiger partial charge in [0, 0.05) is 0 Å². The van der Waals surface area contributed by atoms with Crippen molar-refractivity contribution in [3.8, 4) is 0 Å². The fourth-order valence-electron chi connectivity index (χ4n) is 2.48. The Morgan fingerprint density at radius 3 is 2.57 bits per heavy atom. The molecular weight excluding hydrogens is 174 g/mol. The second-order valence-corrected chi connectivity index (χ2v) is 5.11. The maximum Gasteiger partial charge on any atom is 0.0585 e. The van der Waals surface area contributed by atoms with Gasteiger partial charge in [-0.05, 0) is 44.6 Å². The van der Waals surface area contributed by atoms with Crippen LogP contribution in [0.4, 0.5) is 0 Å². The summed E-state index contributed by atoms with van der Waals surface area (Å²) in [5.41, 5.74) is 6.15. The van der Waals surface area contributed by atoms with Crippen LogP contribution >= 0.6 is 0 Å². The SMILES string of the molecule is CCCC(C)(CN)CC1CCC(C)O1. The van der Waals surface area contributed by atoms with Crippen molar-refractivity contribution < 1.29 is 4.74 Å². The molecular formula is C12H25NO. The summed E-state index contributed by atoms with van der Waals surface area (Å²) >= 11 is 0. The van der Waals surface area contributed by atoms with Crippen LogP contribution in [-0.2, 0) is 4.74 Å². The number of ether oxygens (including phenoxy) is 1. The summed E-state index contributed by atoms with van der Waals surface area (Å²) in [6.45, 7) is 7.48. The third-order valence-electron chi connectivity index (χ3n) is 3.39. The molecule has 84 valence electrons. The van der Waals surface area contributed by atoms with Gasteiger partial charge in [0.2, 0.25) is 0 Å². The zero-order valence-corrected chi connectivity index (χ0v) is 9.88. The van der Waals surface area contributed by atoms with Gasteiger partial charge in [0.15, 0.2) is 0 Å². The van der Waals surface area contributed by atoms with E-state index in [2.05, 4.69) is 20.8 Å². The summed E-state index contributed by atoms with van der Waals surface area (Å²) in [6.07, 6.45) is 6.95. The number of rotatable bonds is 5. The van der Waals surface area contributed by atoms with Gasteiger partial charge in [-0.3, -0.25) is 0 Å². The van der Waals surface area contributed by atoms with Crippen molar-refractivity contribution in [2.24, 2.45) is 11.1 Å². The molecule has 0 bridgehead atoms. The first-order valence-corrected chi connectivity index (χ1v) is 5.95. The molecule has 0 aromatic carbocycles. The Bertz CT molecular complexity index is 172. The van der Waals surface area contributed by atoms with Gasteiger partial charge < -0.3 is 10.5 Å². The molecule has 1 heterocycles. The molecule has 0 saturated carbocycles. The minimum absolute atomic E-state index is 0.295. The van der Waals surface area contributed by atoms with E-state index in [1.165, 1.54) is 25.7 Å². The highest BCUT2D eigenvalue weighted by Crippen LogP contribution is 2.33. The van der Waals surface area contributed by atoms with Gasteiger partial charge in [0.05, 0.1) is 12.2 Å². The predicted octanol–water partition coefficient (Wildman–Crippen LogP) is 2.71. The molecule has 14 heavy (non-hydrogen) atoms. The van der Waals surface area contributed by atoms with Crippen LogP contribution in [0.15, 0.2) is 0 Å². The van der Waals surface area contributed by atoms with Crippen LogP contribution in [0.2, 0.25) is 0 Å². The average molecular weight is 199 g/mol. The molecule has 1 saturated heterocycles. The van der Waals surface area contributed by atoms with Gasteiger partial charge in [-0.15, -0.1) is 0 Å². The van der Waals surface area contributed by atoms with Crippen molar-refractivity contribution >= 4 is 0 Å². The normalized spacial score (nSPS) is 31.7. The van der Waals surface area contributed by atoms with Crippen molar-refractivity contribution in [2.75, 3.05) is 6.54 Å². The number of nitrogens with two attached hydrogens (primary N) is 1. The van der Waals surface area contributed by atoms with E-state index in [-0.39, 0.29) is 0 Å². The van der Waals surface area contributed by atoms with Crippen LogP contribution in [0, 0.1) is 5.41 Å². The van der Waals surface area contributed by atoms with E-state index < -0.39 is 0 Å². The first-order chi connectivity index (χ1) is 6.59. The van der Waals surface area contributed by atoms with E-state index in [0.717, 1.165) is 13.0 Å². The summed E-state index contributed by atoms with van der Waals surface area (Å²) in [5, 5.41) is 0. The summed E-state index contributed by atoms with van der Waals surface area (Å²) in [7, 11) is 0. The number of hydrogen-bond acceptors (Lipinski definition) is 2. The van der Waals surface area contributed by atoms with Crippen LogP contribution in [-0.4, -0.2) is 18.8 Å². The maximum absolute atomic E-state index is 5.85. The fraction of sp³-hybridized carbons (Fsp3) is 1.00. The molecule has 0 aliphatic carbocycles. The molecule has 2 nitrogen and oxygen atoms in total. The molecule has 0 aromatic rings. The summed E-state index contributed by atoms with van der Waals surface area (Å²) < 4.78 is 5.85. The zero-order valence-electron chi connectivity index (χ0n) is 9.88. The van der Waals surface area contributed by atoms with Crippen molar-refractivity contribution in [2.45, 2.75) is 65.1 Å². The monoisotopic (exact) mass is 199 g/mol. The van der Waals surface area contributed by atoms with Gasteiger partial charge in [-0.2, -0.15) is 0 Å². The van der Waals surface area contributed by atoms with Gasteiger partial charge in [-0.1, -0.05) is 20.3 Å². The largest absolute Gasteiger partial charge is 0.375 e. The Morgan fingerprint density at radius 2 is 2.14 bits per heavy atom. The third kappa shape index (κ3) is 3.25. The fourth-order valence-corrected chi connectivity index (χ4v) is 2.48. The molecule has 1 aliphatic heterocycles. The van der Waals surface area contributed by atoms with E-state index in [1.807, 2.05) is 0 Å². The molecule has 2 N–H and O–H groups in total. The van der Waals surface area contributed by atoms with Crippen molar-refractivity contribution in [3.05, 3.63) is 0 Å². The Balaban J connectivity index is 2.39. The Kier molecular flexibility index (Phi) is 4.39. The van der Waals surface area contributed by atoms with Crippen molar-refractivity contribution in [3.63, 3.8) is 0 Å². The molecule has 1 aliphatic rings. The Morgan fingerprint density at radius 1 is 1.43 bits per heavy atom. The molecule has 3 atom stereocenters. The third-order valence-corrected chi connectivity index (χ3v) is 3.39. The quantitative estimate of drug-likeness (QED) is 0.739. The lowest BCUT2D eigenvalue weighted by molar-refractivity contribution is 0.0247. The highest BCUT2D eigenvalue weighted by molar-refractivity contribution is 4.82. The van der Waals surface area contributed by atoms with E-state index in [9.17, 15) is 0 Å². The molecule has 2 heteroatoms. The smallest absolute Gasteiger partial charge is 0.0585 e. The average Bonchev–Trinajstić information content (AvgIpc) is 2.51. The lowest BCUT2D eigenvalue weighted by Crippen LogP contribution is -2.31. The first kappa shape index (κ1) is 12.0. The molecule has 0 aromatic heterocycles. The van der Waals surface area contributed by atoms with Crippen molar-refractivity contribution in [1.82, 2.24) is 0 Å². The standard InChI is InChI=1S/C12H25NO/c1-4-7-12(3,9-13)8-11-6-5-10(2)14-11/h10-11H,4-9,13H2,1-3H3. The van der Waals surface area contributed by atoms with Crippen LogP contribution in [0.5, 0.6) is 0 Å². The van der Waals surface area contributed by atoms with Crippen LogP contribution in [0.25, 0.3) is 0 Å². The minimum Gasteiger partial charge on any atom is -0.375 e. The summed E-state index contributed by atoms with van der Waals surface area (Å²) in [5.74, 6) is 0. The summed E-state index contributed by atoms with van der Waals surface area (Å²) in [6, 6.07) is 0. The second-order valence-electron chi connectivity index (χ2n) is 5.11. The van der Waals surface area contributed by atoms with Gasteiger partial charge in [0.1, 0.15) is 0 Å². The lowest BCUT2D eigenvalue weighted by Gasteiger charge is -2.30. The number of hydrogen-bond donors (Lipinski definition) is 1. The van der Waals surface area contributed by atoms with E-state index in [4.69, 9.17) is 10.5 Å². The summed E-state index contributed by atoms with van der Waals surface area (Å²) in [4.78, 5) is 0. The van der Waals surface area contributed by atoms with Crippen LogP contribution in [0.3, 0.4) is 0 Å². The molecule has 0 amide bonds. The molecule has 1 fully saturated rings. The molecule has 0 spiro atoms. The van der Waals surface area contributed by atoms with E-state index in [1.54, 1.807) is 0 Å². The van der Waals surface area contributed by atoms with E-state index >= 15 is 0 Å². The van der Waals surface area contributed by atoms with Gasteiger partial charge in [-0.25, -0.2) is 0 Å². The zero-order chi connectivity index (χ0) is 10.6. The minimum atomic E-state index is 0.295. The highest BCUT2D eigenvalue weighted by atomic mass is 16.5. The van der Waals surface area contributed by atoms with Crippen molar-refractivity contribution in [1.29, 1.82) is 0 Å². The maximum atomic E-state index is 5.85. The Hall–Kier alpha value is -0.0800. The first-order valence-electron chi connectivity index (χ1n) is 5.95. The lowest BCUT2D eigenvalue weighted by atomic mass is 9.80. The van der Waals surface area contributed by atoms with Crippen LogP contribution in [0.1, 0.15) is 52.9 Å². The topological polar surface area (TPSA) is 35.2 Å². The highest BCUT2D eigenvalue weighted by Gasteiger charge is 2.30. The Labute approximate surface area is 88.2 Å². The van der Waals surface area contributed by atoms with Gasteiger partial charge in [0.25, 0.3) is 0 Å². The molecule has 0 radical (unpaired) electrons. The van der Waals surface area contributed by atoms with Crippen LogP contribution < -0.4 is 5.73 Å².